The van der Waals surface area contributed by atoms with Gasteiger partial charge in [-0.3, -0.25) is 4.79 Å². The Morgan fingerprint density at radius 1 is 1.53 bits per heavy atom. The Labute approximate surface area is 111 Å². The average Bonchev–Trinajstić information content (AvgIpc) is 2.76. The predicted octanol–water partition coefficient (Wildman–Crippen LogP) is 1.05. The third-order valence-electron chi connectivity index (χ3n) is 2.59. The van der Waals surface area contributed by atoms with Crippen molar-refractivity contribution >= 4 is 11.7 Å². The lowest BCUT2D eigenvalue weighted by atomic mass is 10.2. The Kier molecular flexibility index (Phi) is 3.79. The molecule has 0 radical (unpaired) electrons. The molecule has 0 saturated heterocycles. The van der Waals surface area contributed by atoms with Crippen molar-refractivity contribution in [2.24, 2.45) is 0 Å². The summed E-state index contributed by atoms with van der Waals surface area (Å²) in [5.74, 6) is 0.366. The maximum Gasteiger partial charge on any atom is 0.240 e. The van der Waals surface area contributed by atoms with E-state index >= 15 is 0 Å². The molecule has 0 aliphatic carbocycles. The number of rotatable bonds is 4. The van der Waals surface area contributed by atoms with Crippen molar-refractivity contribution in [1.82, 2.24) is 19.9 Å². The van der Waals surface area contributed by atoms with Gasteiger partial charge in [0.1, 0.15) is 12.4 Å². The monoisotopic (exact) mass is 259 g/mol. The SMILES string of the molecule is CC(C)NC(=O)Cn1cncc1-c1cccnc1N. The zero-order valence-electron chi connectivity index (χ0n) is 11.0. The molecule has 0 fully saturated rings. The van der Waals surface area contributed by atoms with E-state index < -0.39 is 0 Å². The smallest absolute Gasteiger partial charge is 0.240 e. The summed E-state index contributed by atoms with van der Waals surface area (Å²) >= 11 is 0. The standard InChI is InChI=1S/C13H17N5O/c1-9(2)17-12(19)7-18-8-15-6-11(18)10-4-3-5-16-13(10)14/h3-6,8-9H,7H2,1-2H3,(H2,14,16)(H,17,19). The molecule has 100 valence electrons. The maximum absolute atomic E-state index is 11.8. The number of anilines is 1. The molecule has 1 amide bonds. The molecule has 19 heavy (non-hydrogen) atoms. The number of aromatic nitrogens is 3. The van der Waals surface area contributed by atoms with E-state index in [-0.39, 0.29) is 18.5 Å². The highest BCUT2D eigenvalue weighted by atomic mass is 16.2. The van der Waals surface area contributed by atoms with Crippen LogP contribution in [-0.4, -0.2) is 26.5 Å². The van der Waals surface area contributed by atoms with Gasteiger partial charge in [0.2, 0.25) is 5.91 Å². The van der Waals surface area contributed by atoms with Crippen LogP contribution in [0.15, 0.2) is 30.9 Å². The molecule has 0 aliphatic rings. The molecule has 0 bridgehead atoms. The Bertz CT molecular complexity index is 576. The molecule has 3 N–H and O–H groups in total. The van der Waals surface area contributed by atoms with Gasteiger partial charge in [0.15, 0.2) is 0 Å². The molecule has 0 saturated carbocycles. The van der Waals surface area contributed by atoms with E-state index in [9.17, 15) is 4.79 Å². The highest BCUT2D eigenvalue weighted by Gasteiger charge is 2.11. The summed E-state index contributed by atoms with van der Waals surface area (Å²) in [5, 5.41) is 2.84. The molecule has 2 heterocycles. The van der Waals surface area contributed by atoms with Gasteiger partial charge in [0, 0.05) is 17.8 Å². The van der Waals surface area contributed by atoms with E-state index in [1.54, 1.807) is 29.4 Å². The van der Waals surface area contributed by atoms with Crippen LogP contribution in [0.25, 0.3) is 11.3 Å². The number of nitrogens with one attached hydrogen (secondary N) is 1. The van der Waals surface area contributed by atoms with E-state index in [0.29, 0.717) is 5.82 Å². The van der Waals surface area contributed by atoms with Crippen LogP contribution in [0.4, 0.5) is 5.82 Å². The number of carbonyl (C=O) groups is 1. The largest absolute Gasteiger partial charge is 0.383 e. The van der Waals surface area contributed by atoms with Gasteiger partial charge in [-0.25, -0.2) is 9.97 Å². The number of nitrogens with zero attached hydrogens (tertiary/aromatic N) is 3. The molecule has 0 atom stereocenters. The average molecular weight is 259 g/mol. The number of nitrogens with two attached hydrogens (primary N) is 1. The van der Waals surface area contributed by atoms with Crippen LogP contribution in [0.2, 0.25) is 0 Å². The Balaban J connectivity index is 2.24. The van der Waals surface area contributed by atoms with Gasteiger partial charge in [-0.05, 0) is 26.0 Å². The fourth-order valence-electron chi connectivity index (χ4n) is 1.83. The third-order valence-corrected chi connectivity index (χ3v) is 2.59. The second-order valence-corrected chi connectivity index (χ2v) is 4.57. The predicted molar refractivity (Wildman–Crippen MR) is 73.1 cm³/mol. The van der Waals surface area contributed by atoms with Crippen LogP contribution < -0.4 is 11.1 Å². The second kappa shape index (κ2) is 5.51. The van der Waals surface area contributed by atoms with Crippen LogP contribution in [0.5, 0.6) is 0 Å². The number of hydrogen-bond acceptors (Lipinski definition) is 4. The minimum Gasteiger partial charge on any atom is -0.383 e. The molecule has 0 aliphatic heterocycles. The lowest BCUT2D eigenvalue weighted by Gasteiger charge is -2.11. The van der Waals surface area contributed by atoms with Crippen molar-refractivity contribution in [2.75, 3.05) is 5.73 Å². The molecule has 2 aromatic heterocycles. The Morgan fingerprint density at radius 2 is 2.32 bits per heavy atom. The molecule has 2 rings (SSSR count). The van der Waals surface area contributed by atoms with Crippen molar-refractivity contribution in [1.29, 1.82) is 0 Å². The minimum atomic E-state index is -0.0586. The van der Waals surface area contributed by atoms with E-state index in [1.165, 1.54) is 0 Å². The summed E-state index contributed by atoms with van der Waals surface area (Å²) in [4.78, 5) is 19.9. The van der Waals surface area contributed by atoms with Crippen molar-refractivity contribution < 1.29 is 4.79 Å². The first kappa shape index (κ1) is 13.1. The lowest BCUT2D eigenvalue weighted by molar-refractivity contribution is -0.122. The van der Waals surface area contributed by atoms with Crippen LogP contribution in [-0.2, 0) is 11.3 Å². The molecule has 2 aromatic rings. The van der Waals surface area contributed by atoms with Crippen LogP contribution in [0, 0.1) is 0 Å². The molecular formula is C13H17N5O. The maximum atomic E-state index is 11.8. The van der Waals surface area contributed by atoms with Crippen molar-refractivity contribution in [3.63, 3.8) is 0 Å². The lowest BCUT2D eigenvalue weighted by Crippen LogP contribution is -2.33. The number of carbonyl (C=O) groups excluding carboxylic acids is 1. The first-order valence-corrected chi connectivity index (χ1v) is 6.08. The summed E-state index contributed by atoms with van der Waals surface area (Å²) in [6, 6.07) is 3.77. The van der Waals surface area contributed by atoms with Gasteiger partial charge in [-0.1, -0.05) is 0 Å². The van der Waals surface area contributed by atoms with Gasteiger partial charge < -0.3 is 15.6 Å². The summed E-state index contributed by atoms with van der Waals surface area (Å²) in [6.07, 6.45) is 4.92. The molecule has 0 spiro atoms. The fraction of sp³-hybridized carbons (Fsp3) is 0.308. The Hall–Kier alpha value is -2.37. The first-order valence-electron chi connectivity index (χ1n) is 6.08. The minimum absolute atomic E-state index is 0.0586. The van der Waals surface area contributed by atoms with Gasteiger partial charge in [0.05, 0.1) is 18.2 Å². The van der Waals surface area contributed by atoms with Gasteiger partial charge >= 0.3 is 0 Å². The quantitative estimate of drug-likeness (QED) is 0.859. The van der Waals surface area contributed by atoms with Crippen LogP contribution in [0.3, 0.4) is 0 Å². The third kappa shape index (κ3) is 3.09. The van der Waals surface area contributed by atoms with Gasteiger partial charge in [-0.2, -0.15) is 0 Å². The topological polar surface area (TPSA) is 85.8 Å². The molecule has 6 nitrogen and oxygen atoms in total. The van der Waals surface area contributed by atoms with Crippen LogP contribution in [0.1, 0.15) is 13.8 Å². The Morgan fingerprint density at radius 3 is 3.00 bits per heavy atom. The second-order valence-electron chi connectivity index (χ2n) is 4.57. The van der Waals surface area contributed by atoms with Crippen molar-refractivity contribution in [3.8, 4) is 11.3 Å². The zero-order valence-corrected chi connectivity index (χ0v) is 11.0. The summed E-state index contributed by atoms with van der Waals surface area (Å²) in [5.41, 5.74) is 7.40. The number of pyridine rings is 1. The summed E-state index contributed by atoms with van der Waals surface area (Å²) in [7, 11) is 0. The first-order chi connectivity index (χ1) is 9.08. The van der Waals surface area contributed by atoms with E-state index in [0.717, 1.165) is 11.3 Å². The summed E-state index contributed by atoms with van der Waals surface area (Å²) < 4.78 is 1.76. The van der Waals surface area contributed by atoms with E-state index in [2.05, 4.69) is 15.3 Å². The van der Waals surface area contributed by atoms with Crippen molar-refractivity contribution in [3.05, 3.63) is 30.9 Å². The molecule has 0 unspecified atom stereocenters. The summed E-state index contributed by atoms with van der Waals surface area (Å²) in [6.45, 7) is 4.06. The van der Waals surface area contributed by atoms with E-state index in [1.807, 2.05) is 19.9 Å². The normalized spacial score (nSPS) is 10.7. The molecule has 6 heteroatoms. The zero-order chi connectivity index (χ0) is 13.8. The van der Waals surface area contributed by atoms with Gasteiger partial charge in [-0.15, -0.1) is 0 Å². The highest BCUT2D eigenvalue weighted by molar-refractivity contribution is 5.78. The van der Waals surface area contributed by atoms with Gasteiger partial charge in [0.25, 0.3) is 0 Å². The fourth-order valence-corrected chi connectivity index (χ4v) is 1.83. The van der Waals surface area contributed by atoms with Crippen LogP contribution >= 0.6 is 0 Å². The number of nitrogen functional groups attached to an aromatic ring is 1. The highest BCUT2D eigenvalue weighted by Crippen LogP contribution is 2.23. The number of amides is 1. The number of imidazole rings is 1. The number of hydrogen-bond donors (Lipinski definition) is 2. The van der Waals surface area contributed by atoms with E-state index in [4.69, 9.17) is 5.73 Å². The van der Waals surface area contributed by atoms with Crippen molar-refractivity contribution in [2.45, 2.75) is 26.4 Å². The molecular weight excluding hydrogens is 242 g/mol. The molecule has 0 aromatic carbocycles.